The summed E-state index contributed by atoms with van der Waals surface area (Å²) in [5, 5.41) is -0.618. The summed E-state index contributed by atoms with van der Waals surface area (Å²) < 4.78 is 26.8. The first-order valence-corrected chi connectivity index (χ1v) is 9.93. The van der Waals surface area contributed by atoms with Crippen LogP contribution in [0.5, 0.6) is 0 Å². The number of allylic oxidation sites excluding steroid dienone is 2. The summed E-state index contributed by atoms with van der Waals surface area (Å²) in [6.07, 6.45) is 0.405. The van der Waals surface area contributed by atoms with Crippen LogP contribution >= 0.6 is 0 Å². The molecule has 132 valence electrons. The molecule has 0 bridgehead atoms. The first-order valence-electron chi connectivity index (χ1n) is 8.38. The predicted molar refractivity (Wildman–Crippen MR) is 106 cm³/mol. The van der Waals surface area contributed by atoms with E-state index in [1.165, 1.54) is 0 Å². The normalized spacial score (nSPS) is 13.9. The first-order chi connectivity index (χ1) is 11.7. The summed E-state index contributed by atoms with van der Waals surface area (Å²) in [6, 6.07) is 16.8. The van der Waals surface area contributed by atoms with Crippen LogP contribution in [0.4, 0.5) is 0 Å². The van der Waals surface area contributed by atoms with Crippen molar-refractivity contribution in [1.82, 2.24) is 0 Å². The van der Waals surface area contributed by atoms with Crippen LogP contribution in [0.2, 0.25) is 0 Å². The summed E-state index contributed by atoms with van der Waals surface area (Å²) in [6.45, 7) is 13.8. The number of hydrogen-bond acceptors (Lipinski definition) is 2. The third-order valence-corrected chi connectivity index (χ3v) is 6.52. The second-order valence-corrected chi connectivity index (χ2v) is 8.96. The highest BCUT2D eigenvalue weighted by Crippen LogP contribution is 2.37. The summed E-state index contributed by atoms with van der Waals surface area (Å²) in [7, 11) is -3.53. The fourth-order valence-electron chi connectivity index (χ4n) is 3.13. The quantitative estimate of drug-likeness (QED) is 0.618. The molecule has 2 aromatic rings. The standard InChI is InChI=1S/C22H26O2S/c1-16(2)15-21(22(17(3)4)19-9-7-6-8-10-19)25(23,24)20-13-11-18(5)12-14-20/h6-14,21-22H,1,3,15H2,2,4-5H3. The maximum atomic E-state index is 13.4. The Balaban J connectivity index is 2.59. The highest BCUT2D eigenvalue weighted by molar-refractivity contribution is 7.92. The minimum Gasteiger partial charge on any atom is -0.223 e. The van der Waals surface area contributed by atoms with Crippen LogP contribution in [-0.2, 0) is 9.84 Å². The van der Waals surface area contributed by atoms with Crippen LogP contribution < -0.4 is 0 Å². The Morgan fingerprint density at radius 3 is 2.00 bits per heavy atom. The van der Waals surface area contributed by atoms with E-state index in [2.05, 4.69) is 13.2 Å². The molecule has 0 aliphatic carbocycles. The molecule has 0 aliphatic heterocycles. The molecular weight excluding hydrogens is 328 g/mol. The first kappa shape index (κ1) is 19.2. The largest absolute Gasteiger partial charge is 0.223 e. The van der Waals surface area contributed by atoms with Gasteiger partial charge in [0.15, 0.2) is 9.84 Å². The highest BCUT2D eigenvalue weighted by atomic mass is 32.2. The molecular formula is C22H26O2S. The van der Waals surface area contributed by atoms with Crippen molar-refractivity contribution < 1.29 is 8.42 Å². The lowest BCUT2D eigenvalue weighted by Gasteiger charge is -2.28. The topological polar surface area (TPSA) is 34.1 Å². The molecule has 2 rings (SSSR count). The SMILES string of the molecule is C=C(C)CC(C(C(=C)C)c1ccccc1)S(=O)(=O)c1ccc(C)cc1. The van der Waals surface area contributed by atoms with Gasteiger partial charge in [0.1, 0.15) is 0 Å². The fourth-order valence-corrected chi connectivity index (χ4v) is 5.25. The van der Waals surface area contributed by atoms with Crippen molar-refractivity contribution >= 4 is 9.84 Å². The maximum Gasteiger partial charge on any atom is 0.182 e. The van der Waals surface area contributed by atoms with E-state index in [4.69, 9.17) is 0 Å². The summed E-state index contributed by atoms with van der Waals surface area (Å²) >= 11 is 0. The van der Waals surface area contributed by atoms with Crippen LogP contribution in [0.1, 0.15) is 37.3 Å². The van der Waals surface area contributed by atoms with Crippen molar-refractivity contribution in [3.8, 4) is 0 Å². The highest BCUT2D eigenvalue weighted by Gasteiger charge is 2.36. The van der Waals surface area contributed by atoms with Gasteiger partial charge in [-0.05, 0) is 44.9 Å². The molecule has 2 atom stereocenters. The average molecular weight is 355 g/mol. The Morgan fingerprint density at radius 2 is 1.52 bits per heavy atom. The van der Waals surface area contributed by atoms with Gasteiger partial charge in [0, 0.05) is 5.92 Å². The molecule has 0 spiro atoms. The molecule has 0 amide bonds. The fraction of sp³-hybridized carbons (Fsp3) is 0.273. The molecule has 0 saturated carbocycles. The number of rotatable bonds is 7. The molecule has 2 unspecified atom stereocenters. The molecule has 3 heteroatoms. The molecule has 2 aromatic carbocycles. The third-order valence-electron chi connectivity index (χ3n) is 4.36. The number of hydrogen-bond donors (Lipinski definition) is 0. The van der Waals surface area contributed by atoms with Crippen LogP contribution in [0.25, 0.3) is 0 Å². The second kappa shape index (κ2) is 7.83. The van der Waals surface area contributed by atoms with Gasteiger partial charge >= 0.3 is 0 Å². The van der Waals surface area contributed by atoms with Crippen molar-refractivity contribution in [3.63, 3.8) is 0 Å². The summed E-state index contributed by atoms with van der Waals surface area (Å²) in [4.78, 5) is 0.353. The Labute approximate surface area is 151 Å². The van der Waals surface area contributed by atoms with Gasteiger partial charge in [0.05, 0.1) is 10.1 Å². The molecule has 0 saturated heterocycles. The van der Waals surface area contributed by atoms with Gasteiger partial charge in [-0.25, -0.2) is 8.42 Å². The number of benzene rings is 2. The lowest BCUT2D eigenvalue weighted by molar-refractivity contribution is 0.562. The van der Waals surface area contributed by atoms with Gasteiger partial charge in [-0.1, -0.05) is 65.8 Å². The van der Waals surface area contributed by atoms with Crippen LogP contribution in [0, 0.1) is 6.92 Å². The molecule has 2 nitrogen and oxygen atoms in total. The monoisotopic (exact) mass is 354 g/mol. The second-order valence-electron chi connectivity index (χ2n) is 6.79. The maximum absolute atomic E-state index is 13.4. The minimum atomic E-state index is -3.53. The number of aryl methyl sites for hydroxylation is 1. The Bertz CT molecular complexity index is 847. The molecule has 0 N–H and O–H groups in total. The van der Waals surface area contributed by atoms with E-state index in [1.54, 1.807) is 12.1 Å². The lowest BCUT2D eigenvalue weighted by atomic mass is 9.87. The lowest BCUT2D eigenvalue weighted by Crippen LogP contribution is -2.30. The zero-order valence-corrected chi connectivity index (χ0v) is 16.0. The van der Waals surface area contributed by atoms with E-state index < -0.39 is 15.1 Å². The van der Waals surface area contributed by atoms with E-state index in [0.29, 0.717) is 11.3 Å². The third kappa shape index (κ3) is 4.49. The van der Waals surface area contributed by atoms with E-state index in [-0.39, 0.29) is 5.92 Å². The Morgan fingerprint density at radius 1 is 0.960 bits per heavy atom. The van der Waals surface area contributed by atoms with Crippen LogP contribution in [-0.4, -0.2) is 13.7 Å². The molecule has 0 radical (unpaired) electrons. The molecule has 0 aromatic heterocycles. The predicted octanol–water partition coefficient (Wildman–Crippen LogP) is 5.46. The summed E-state index contributed by atoms with van der Waals surface area (Å²) in [5.74, 6) is -0.274. The molecule has 25 heavy (non-hydrogen) atoms. The van der Waals surface area contributed by atoms with Crippen molar-refractivity contribution in [1.29, 1.82) is 0 Å². The van der Waals surface area contributed by atoms with Gasteiger partial charge < -0.3 is 0 Å². The van der Waals surface area contributed by atoms with Gasteiger partial charge in [0.2, 0.25) is 0 Å². The van der Waals surface area contributed by atoms with E-state index in [9.17, 15) is 8.42 Å². The van der Waals surface area contributed by atoms with E-state index in [1.807, 2.05) is 63.2 Å². The van der Waals surface area contributed by atoms with Crippen molar-refractivity contribution in [2.24, 2.45) is 0 Å². The number of sulfone groups is 1. The van der Waals surface area contributed by atoms with E-state index in [0.717, 1.165) is 22.3 Å². The van der Waals surface area contributed by atoms with Gasteiger partial charge in [-0.15, -0.1) is 6.58 Å². The Kier molecular flexibility index (Phi) is 6.02. The van der Waals surface area contributed by atoms with Crippen LogP contribution in [0.3, 0.4) is 0 Å². The van der Waals surface area contributed by atoms with Crippen molar-refractivity contribution in [2.75, 3.05) is 0 Å². The minimum absolute atomic E-state index is 0.274. The smallest absolute Gasteiger partial charge is 0.182 e. The zero-order chi connectivity index (χ0) is 18.6. The zero-order valence-electron chi connectivity index (χ0n) is 15.2. The van der Waals surface area contributed by atoms with Gasteiger partial charge in [-0.3, -0.25) is 0 Å². The molecule has 0 aliphatic rings. The summed E-state index contributed by atoms with van der Waals surface area (Å²) in [5.41, 5.74) is 3.70. The Hall–Kier alpha value is -2.13. The van der Waals surface area contributed by atoms with Crippen LogP contribution in [0.15, 0.2) is 83.8 Å². The average Bonchev–Trinajstić information content (AvgIpc) is 2.55. The molecule has 0 fully saturated rings. The van der Waals surface area contributed by atoms with Crippen molar-refractivity contribution in [2.45, 2.75) is 43.3 Å². The van der Waals surface area contributed by atoms with E-state index >= 15 is 0 Å². The van der Waals surface area contributed by atoms with Crippen molar-refractivity contribution in [3.05, 3.63) is 90.0 Å². The van der Waals surface area contributed by atoms with Gasteiger partial charge in [0.25, 0.3) is 0 Å². The molecule has 0 heterocycles. The van der Waals surface area contributed by atoms with Gasteiger partial charge in [-0.2, -0.15) is 0 Å².